The SMILES string of the molecule is Nc1ccc(NCc2ccon2)nc1N. The monoisotopic (exact) mass is 205 g/mol. The van der Waals surface area contributed by atoms with Gasteiger partial charge in [-0.2, -0.15) is 0 Å². The highest BCUT2D eigenvalue weighted by Crippen LogP contribution is 2.14. The Hall–Kier alpha value is -2.24. The zero-order chi connectivity index (χ0) is 10.7. The van der Waals surface area contributed by atoms with Crippen molar-refractivity contribution in [2.24, 2.45) is 0 Å². The molecule has 2 aromatic heterocycles. The Morgan fingerprint density at radius 2 is 2.13 bits per heavy atom. The summed E-state index contributed by atoms with van der Waals surface area (Å²) in [5, 5.41) is 6.80. The predicted molar refractivity (Wildman–Crippen MR) is 56.9 cm³/mol. The lowest BCUT2D eigenvalue weighted by molar-refractivity contribution is 0.412. The van der Waals surface area contributed by atoms with Crippen LogP contribution in [0.4, 0.5) is 17.3 Å². The van der Waals surface area contributed by atoms with E-state index in [1.165, 1.54) is 6.26 Å². The number of anilines is 3. The summed E-state index contributed by atoms with van der Waals surface area (Å²) in [7, 11) is 0. The van der Waals surface area contributed by atoms with Crippen molar-refractivity contribution in [2.45, 2.75) is 6.54 Å². The Kier molecular flexibility index (Phi) is 2.40. The summed E-state index contributed by atoms with van der Waals surface area (Å²) in [5.74, 6) is 0.977. The second-order valence-corrected chi connectivity index (χ2v) is 3.02. The van der Waals surface area contributed by atoms with Gasteiger partial charge in [0.1, 0.15) is 23.6 Å². The largest absolute Gasteiger partial charge is 0.396 e. The maximum atomic E-state index is 5.56. The van der Waals surface area contributed by atoms with Crippen molar-refractivity contribution in [1.29, 1.82) is 0 Å². The number of hydrogen-bond donors (Lipinski definition) is 3. The Balaban J connectivity index is 2.02. The molecule has 0 aliphatic heterocycles. The van der Waals surface area contributed by atoms with Crippen molar-refractivity contribution >= 4 is 17.3 Å². The van der Waals surface area contributed by atoms with Gasteiger partial charge in [-0.15, -0.1) is 0 Å². The normalized spacial score (nSPS) is 10.1. The van der Waals surface area contributed by atoms with E-state index < -0.39 is 0 Å². The first-order valence-corrected chi connectivity index (χ1v) is 4.41. The fraction of sp³-hybridized carbons (Fsp3) is 0.111. The third-order valence-corrected chi connectivity index (χ3v) is 1.90. The van der Waals surface area contributed by atoms with Gasteiger partial charge < -0.3 is 21.3 Å². The summed E-state index contributed by atoms with van der Waals surface area (Å²) in [6, 6.07) is 5.23. The molecule has 2 heterocycles. The van der Waals surface area contributed by atoms with E-state index in [1.807, 2.05) is 0 Å². The van der Waals surface area contributed by atoms with E-state index in [4.69, 9.17) is 16.0 Å². The molecular weight excluding hydrogens is 194 g/mol. The number of nitrogens with zero attached hydrogens (tertiary/aromatic N) is 2. The van der Waals surface area contributed by atoms with Crippen LogP contribution in [0.15, 0.2) is 29.0 Å². The summed E-state index contributed by atoms with van der Waals surface area (Å²) in [6.07, 6.45) is 1.52. The lowest BCUT2D eigenvalue weighted by Gasteiger charge is -2.05. The Morgan fingerprint density at radius 1 is 1.27 bits per heavy atom. The molecule has 0 aliphatic carbocycles. The van der Waals surface area contributed by atoms with Crippen LogP contribution < -0.4 is 16.8 Å². The van der Waals surface area contributed by atoms with E-state index in [2.05, 4.69) is 15.5 Å². The smallest absolute Gasteiger partial charge is 0.149 e. The molecule has 5 N–H and O–H groups in total. The van der Waals surface area contributed by atoms with Crippen LogP contribution in [0.1, 0.15) is 5.69 Å². The number of nitrogen functional groups attached to an aromatic ring is 2. The van der Waals surface area contributed by atoms with Crippen LogP contribution in [-0.2, 0) is 6.54 Å². The summed E-state index contributed by atoms with van der Waals surface area (Å²) < 4.78 is 4.69. The fourth-order valence-corrected chi connectivity index (χ4v) is 1.09. The zero-order valence-corrected chi connectivity index (χ0v) is 7.97. The minimum absolute atomic E-state index is 0.320. The maximum absolute atomic E-state index is 5.56. The number of aromatic nitrogens is 2. The number of nitrogens with two attached hydrogens (primary N) is 2. The number of hydrogen-bond acceptors (Lipinski definition) is 6. The topological polar surface area (TPSA) is 103 Å². The van der Waals surface area contributed by atoms with Gasteiger partial charge in [-0.05, 0) is 12.1 Å². The van der Waals surface area contributed by atoms with Gasteiger partial charge in [0, 0.05) is 6.07 Å². The molecule has 0 radical (unpaired) electrons. The third-order valence-electron chi connectivity index (χ3n) is 1.90. The molecule has 0 amide bonds. The molecule has 0 aromatic carbocycles. The van der Waals surface area contributed by atoms with Crippen LogP contribution in [-0.4, -0.2) is 10.1 Å². The fourth-order valence-electron chi connectivity index (χ4n) is 1.09. The number of nitrogens with one attached hydrogen (secondary N) is 1. The second-order valence-electron chi connectivity index (χ2n) is 3.02. The van der Waals surface area contributed by atoms with Gasteiger partial charge in [0.05, 0.1) is 12.2 Å². The number of pyridine rings is 1. The molecule has 0 spiro atoms. The standard InChI is InChI=1S/C9H11N5O/c10-7-1-2-8(13-9(7)11)12-5-6-3-4-15-14-6/h1-4H,5,10H2,(H3,11,12,13). The minimum atomic E-state index is 0.320. The predicted octanol–water partition coefficient (Wildman–Crippen LogP) is 0.846. The molecule has 6 heteroatoms. The van der Waals surface area contributed by atoms with Crippen molar-refractivity contribution in [3.8, 4) is 0 Å². The van der Waals surface area contributed by atoms with Gasteiger partial charge in [0.25, 0.3) is 0 Å². The van der Waals surface area contributed by atoms with Gasteiger partial charge in [-0.25, -0.2) is 4.98 Å². The summed E-state index contributed by atoms with van der Waals surface area (Å²) in [6.45, 7) is 0.535. The zero-order valence-electron chi connectivity index (χ0n) is 7.97. The first kappa shape index (κ1) is 9.32. The van der Waals surface area contributed by atoms with E-state index in [0.717, 1.165) is 5.69 Å². The van der Waals surface area contributed by atoms with Crippen LogP contribution in [0.5, 0.6) is 0 Å². The first-order chi connectivity index (χ1) is 7.25. The molecule has 2 rings (SSSR count). The molecule has 6 nitrogen and oxygen atoms in total. The molecule has 0 saturated heterocycles. The van der Waals surface area contributed by atoms with Gasteiger partial charge in [-0.3, -0.25) is 0 Å². The van der Waals surface area contributed by atoms with Gasteiger partial charge >= 0.3 is 0 Å². The van der Waals surface area contributed by atoms with Crippen LogP contribution >= 0.6 is 0 Å². The van der Waals surface area contributed by atoms with E-state index >= 15 is 0 Å². The van der Waals surface area contributed by atoms with Gasteiger partial charge in [0.2, 0.25) is 0 Å². The highest BCUT2D eigenvalue weighted by atomic mass is 16.5. The molecule has 15 heavy (non-hydrogen) atoms. The molecule has 0 saturated carbocycles. The van der Waals surface area contributed by atoms with E-state index in [1.54, 1.807) is 18.2 Å². The summed E-state index contributed by atoms with van der Waals surface area (Å²) >= 11 is 0. The maximum Gasteiger partial charge on any atom is 0.149 e. The van der Waals surface area contributed by atoms with Crippen molar-refractivity contribution in [1.82, 2.24) is 10.1 Å². The van der Waals surface area contributed by atoms with Crippen LogP contribution in [0.25, 0.3) is 0 Å². The second kappa shape index (κ2) is 3.87. The van der Waals surface area contributed by atoms with E-state index in [9.17, 15) is 0 Å². The van der Waals surface area contributed by atoms with E-state index in [-0.39, 0.29) is 0 Å². The van der Waals surface area contributed by atoms with Crippen molar-refractivity contribution in [3.05, 3.63) is 30.2 Å². The molecule has 78 valence electrons. The minimum Gasteiger partial charge on any atom is -0.396 e. The Morgan fingerprint density at radius 3 is 2.80 bits per heavy atom. The molecule has 0 atom stereocenters. The first-order valence-electron chi connectivity index (χ1n) is 4.41. The van der Waals surface area contributed by atoms with Gasteiger partial charge in [-0.1, -0.05) is 5.16 Å². The van der Waals surface area contributed by atoms with Crippen LogP contribution in [0.3, 0.4) is 0 Å². The molecule has 2 aromatic rings. The summed E-state index contributed by atoms with van der Waals surface area (Å²) in [4.78, 5) is 4.06. The molecule has 0 aliphatic rings. The third kappa shape index (κ3) is 2.16. The van der Waals surface area contributed by atoms with Crippen molar-refractivity contribution in [2.75, 3.05) is 16.8 Å². The van der Waals surface area contributed by atoms with Crippen LogP contribution in [0.2, 0.25) is 0 Å². The van der Waals surface area contributed by atoms with Crippen molar-refractivity contribution < 1.29 is 4.52 Å². The lowest BCUT2D eigenvalue weighted by atomic mass is 10.3. The molecular formula is C9H11N5O. The Labute approximate surface area is 86.3 Å². The quantitative estimate of drug-likeness (QED) is 0.686. The van der Waals surface area contributed by atoms with Gasteiger partial charge in [0.15, 0.2) is 0 Å². The molecule has 0 bridgehead atoms. The van der Waals surface area contributed by atoms with Crippen molar-refractivity contribution in [3.63, 3.8) is 0 Å². The Bertz CT molecular complexity index is 440. The average molecular weight is 205 g/mol. The highest BCUT2D eigenvalue weighted by molar-refractivity contribution is 5.61. The molecule has 0 fully saturated rings. The molecule has 0 unspecified atom stereocenters. The summed E-state index contributed by atoms with van der Waals surface area (Å²) in [5.41, 5.74) is 12.4. The van der Waals surface area contributed by atoms with E-state index in [0.29, 0.717) is 23.9 Å². The highest BCUT2D eigenvalue weighted by Gasteiger charge is 2.00. The lowest BCUT2D eigenvalue weighted by Crippen LogP contribution is -2.04. The number of rotatable bonds is 3. The van der Waals surface area contributed by atoms with Crippen LogP contribution in [0, 0.1) is 0 Å². The average Bonchev–Trinajstić information content (AvgIpc) is 2.73.